The Balaban J connectivity index is 1.79. The van der Waals surface area contributed by atoms with E-state index in [1.54, 1.807) is 12.1 Å². The lowest BCUT2D eigenvalue weighted by molar-refractivity contribution is 0.404. The molecule has 0 bridgehead atoms. The van der Waals surface area contributed by atoms with Crippen LogP contribution in [0.5, 0.6) is 11.5 Å². The third-order valence-corrected chi connectivity index (χ3v) is 4.97. The van der Waals surface area contributed by atoms with Crippen LogP contribution in [0.4, 0.5) is 5.69 Å². The second kappa shape index (κ2) is 4.78. The summed E-state index contributed by atoms with van der Waals surface area (Å²) >= 11 is 1.83. The van der Waals surface area contributed by atoms with Crippen molar-refractivity contribution < 1.29 is 10.2 Å². The van der Waals surface area contributed by atoms with Crippen LogP contribution in [0.2, 0.25) is 0 Å². The molecule has 19 heavy (non-hydrogen) atoms. The number of hydrogen-bond acceptors (Lipinski definition) is 4. The van der Waals surface area contributed by atoms with E-state index in [0.717, 1.165) is 25.2 Å². The molecule has 100 valence electrons. The molecular weight excluding hydrogens is 258 g/mol. The highest BCUT2D eigenvalue weighted by molar-refractivity contribution is 7.10. The zero-order chi connectivity index (χ0) is 13.4. The molecule has 1 saturated heterocycles. The summed E-state index contributed by atoms with van der Waals surface area (Å²) in [6.45, 7) is 4.14. The molecule has 0 amide bonds. The lowest BCUT2D eigenvalue weighted by Crippen LogP contribution is -2.18. The van der Waals surface area contributed by atoms with Crippen LogP contribution < -0.4 is 4.90 Å². The van der Waals surface area contributed by atoms with Gasteiger partial charge in [0.05, 0.1) is 0 Å². The average Bonchev–Trinajstić information content (AvgIpc) is 3.01. The van der Waals surface area contributed by atoms with Crippen molar-refractivity contribution in [3.8, 4) is 11.5 Å². The molecule has 2 N–H and O–H groups in total. The quantitative estimate of drug-likeness (QED) is 0.825. The molecule has 1 aromatic carbocycles. The van der Waals surface area contributed by atoms with Crippen LogP contribution >= 0.6 is 11.3 Å². The Morgan fingerprint density at radius 3 is 2.74 bits per heavy atom. The predicted molar refractivity (Wildman–Crippen MR) is 78.4 cm³/mol. The second-order valence-corrected chi connectivity index (χ2v) is 6.02. The smallest absolute Gasteiger partial charge is 0.159 e. The first-order valence-corrected chi connectivity index (χ1v) is 7.34. The Bertz CT molecular complexity index is 594. The molecule has 1 fully saturated rings. The first-order chi connectivity index (χ1) is 9.15. The van der Waals surface area contributed by atoms with Crippen LogP contribution in [0.3, 0.4) is 0 Å². The summed E-state index contributed by atoms with van der Waals surface area (Å²) in [5.74, 6) is 0.470. The number of nitrogens with zero attached hydrogens (tertiary/aromatic N) is 1. The molecule has 1 aliphatic heterocycles. The fourth-order valence-electron chi connectivity index (χ4n) is 2.72. The molecule has 3 rings (SSSR count). The van der Waals surface area contributed by atoms with E-state index in [2.05, 4.69) is 23.3 Å². The van der Waals surface area contributed by atoms with E-state index in [4.69, 9.17) is 0 Å². The number of phenols is 2. The van der Waals surface area contributed by atoms with Crippen molar-refractivity contribution in [1.29, 1.82) is 0 Å². The van der Waals surface area contributed by atoms with Crippen molar-refractivity contribution in [3.63, 3.8) is 0 Å². The number of rotatable bonds is 2. The molecule has 3 nitrogen and oxygen atoms in total. The van der Waals surface area contributed by atoms with Crippen LogP contribution in [0, 0.1) is 6.92 Å². The van der Waals surface area contributed by atoms with Gasteiger partial charge in [0.1, 0.15) is 0 Å². The molecule has 0 spiro atoms. The van der Waals surface area contributed by atoms with Crippen molar-refractivity contribution in [2.24, 2.45) is 0 Å². The molecule has 0 saturated carbocycles. The van der Waals surface area contributed by atoms with Gasteiger partial charge in [0.15, 0.2) is 11.5 Å². The zero-order valence-electron chi connectivity index (χ0n) is 10.8. The minimum atomic E-state index is -0.0615. The molecule has 1 aromatic heterocycles. The number of thiophene rings is 1. The van der Waals surface area contributed by atoms with E-state index in [-0.39, 0.29) is 11.5 Å². The van der Waals surface area contributed by atoms with Crippen molar-refractivity contribution in [2.45, 2.75) is 19.3 Å². The van der Waals surface area contributed by atoms with Crippen LogP contribution in [-0.4, -0.2) is 23.3 Å². The topological polar surface area (TPSA) is 43.7 Å². The molecule has 2 aromatic rings. The Hall–Kier alpha value is -1.68. The normalized spacial score (nSPS) is 19.0. The van der Waals surface area contributed by atoms with Gasteiger partial charge in [-0.2, -0.15) is 0 Å². The SMILES string of the molecule is Cc1ccsc1C1CCN(c2ccc(O)c(O)c2)C1. The maximum Gasteiger partial charge on any atom is 0.159 e. The summed E-state index contributed by atoms with van der Waals surface area (Å²) in [5.41, 5.74) is 2.36. The molecule has 4 heteroatoms. The summed E-state index contributed by atoms with van der Waals surface area (Å²) in [5, 5.41) is 21.1. The van der Waals surface area contributed by atoms with Crippen LogP contribution in [0.25, 0.3) is 0 Å². The van der Waals surface area contributed by atoms with Gasteiger partial charge in [0, 0.05) is 35.6 Å². The molecule has 1 unspecified atom stereocenters. The van der Waals surface area contributed by atoms with Gasteiger partial charge in [-0.15, -0.1) is 11.3 Å². The number of phenolic OH excluding ortho intramolecular Hbond substituents is 2. The number of benzene rings is 1. The highest BCUT2D eigenvalue weighted by Crippen LogP contribution is 2.37. The Morgan fingerprint density at radius 1 is 1.21 bits per heavy atom. The van der Waals surface area contributed by atoms with E-state index in [1.807, 2.05) is 17.4 Å². The Kier molecular flexibility index (Phi) is 3.11. The van der Waals surface area contributed by atoms with E-state index in [1.165, 1.54) is 10.4 Å². The average molecular weight is 275 g/mol. The molecular formula is C15H17NO2S. The third kappa shape index (κ3) is 2.28. The first kappa shape index (κ1) is 12.4. The van der Waals surface area contributed by atoms with Crippen molar-refractivity contribution in [2.75, 3.05) is 18.0 Å². The lowest BCUT2D eigenvalue weighted by Gasteiger charge is -2.19. The molecule has 2 heterocycles. The fourth-order valence-corrected chi connectivity index (χ4v) is 3.78. The zero-order valence-corrected chi connectivity index (χ0v) is 11.7. The highest BCUT2D eigenvalue weighted by Gasteiger charge is 2.26. The Morgan fingerprint density at radius 2 is 2.05 bits per heavy atom. The van der Waals surface area contributed by atoms with Crippen LogP contribution in [0.15, 0.2) is 29.6 Å². The number of hydrogen-bond donors (Lipinski definition) is 2. The lowest BCUT2D eigenvalue weighted by atomic mass is 10.0. The largest absolute Gasteiger partial charge is 0.504 e. The van der Waals surface area contributed by atoms with Gasteiger partial charge in [0.2, 0.25) is 0 Å². The van der Waals surface area contributed by atoms with Crippen LogP contribution in [-0.2, 0) is 0 Å². The van der Waals surface area contributed by atoms with Crippen molar-refractivity contribution in [3.05, 3.63) is 40.1 Å². The van der Waals surface area contributed by atoms with Gasteiger partial charge in [-0.3, -0.25) is 0 Å². The second-order valence-electron chi connectivity index (χ2n) is 5.07. The standard InChI is InChI=1S/C15H17NO2S/c1-10-5-7-19-15(10)11-4-6-16(9-11)12-2-3-13(17)14(18)8-12/h2-3,5,7-8,11,17-18H,4,6,9H2,1H3. The van der Waals surface area contributed by atoms with Gasteiger partial charge in [-0.05, 0) is 42.5 Å². The number of aromatic hydroxyl groups is 2. The van der Waals surface area contributed by atoms with Gasteiger partial charge in [-0.1, -0.05) is 0 Å². The summed E-state index contributed by atoms with van der Waals surface area (Å²) in [7, 11) is 0. The number of aryl methyl sites for hydroxylation is 1. The maximum atomic E-state index is 9.58. The number of anilines is 1. The molecule has 0 aliphatic carbocycles. The monoisotopic (exact) mass is 275 g/mol. The van der Waals surface area contributed by atoms with E-state index >= 15 is 0 Å². The van der Waals surface area contributed by atoms with Gasteiger partial charge >= 0.3 is 0 Å². The summed E-state index contributed by atoms with van der Waals surface area (Å²) in [6.07, 6.45) is 1.14. The van der Waals surface area contributed by atoms with E-state index in [0.29, 0.717) is 5.92 Å². The van der Waals surface area contributed by atoms with Gasteiger partial charge < -0.3 is 15.1 Å². The van der Waals surface area contributed by atoms with Gasteiger partial charge in [0.25, 0.3) is 0 Å². The van der Waals surface area contributed by atoms with E-state index < -0.39 is 0 Å². The van der Waals surface area contributed by atoms with E-state index in [9.17, 15) is 10.2 Å². The summed E-state index contributed by atoms with van der Waals surface area (Å²) in [4.78, 5) is 3.74. The first-order valence-electron chi connectivity index (χ1n) is 6.46. The van der Waals surface area contributed by atoms with Gasteiger partial charge in [-0.25, -0.2) is 0 Å². The van der Waals surface area contributed by atoms with Crippen molar-refractivity contribution >= 4 is 17.0 Å². The van der Waals surface area contributed by atoms with Crippen LogP contribution in [0.1, 0.15) is 22.8 Å². The maximum absolute atomic E-state index is 9.58. The summed E-state index contributed by atoms with van der Waals surface area (Å²) < 4.78 is 0. The minimum Gasteiger partial charge on any atom is -0.504 e. The highest BCUT2D eigenvalue weighted by atomic mass is 32.1. The fraction of sp³-hybridized carbons (Fsp3) is 0.333. The molecule has 0 radical (unpaired) electrons. The van der Waals surface area contributed by atoms with Crippen molar-refractivity contribution in [1.82, 2.24) is 0 Å². The third-order valence-electron chi connectivity index (χ3n) is 3.78. The molecule has 1 aliphatic rings. The predicted octanol–water partition coefficient (Wildman–Crippen LogP) is 3.46. The Labute approximate surface area is 116 Å². The molecule has 1 atom stereocenters. The summed E-state index contributed by atoms with van der Waals surface area (Å²) in [6, 6.07) is 7.22. The minimum absolute atomic E-state index is 0.0479.